The SMILES string of the molecule is N=C(/C(F)=C\C1=C/C[C@H](CO)NS(=O)(=O)c2ccccc21)c1cnc(N)nc1. The monoisotopic (exact) mass is 403 g/mol. The number of nitrogens with two attached hydrogens (primary N) is 1. The van der Waals surface area contributed by atoms with Crippen LogP contribution in [0.1, 0.15) is 17.5 Å². The lowest BCUT2D eigenvalue weighted by Gasteiger charge is -2.21. The maximum atomic E-state index is 14.8. The minimum absolute atomic E-state index is 0.00495. The highest BCUT2D eigenvalue weighted by atomic mass is 32.2. The van der Waals surface area contributed by atoms with Gasteiger partial charge in [0.25, 0.3) is 0 Å². The van der Waals surface area contributed by atoms with Gasteiger partial charge in [-0.25, -0.2) is 27.5 Å². The number of sulfonamides is 1. The number of nitrogens with zero attached hydrogens (tertiary/aromatic N) is 2. The van der Waals surface area contributed by atoms with Crippen molar-refractivity contribution in [2.45, 2.75) is 17.4 Å². The second kappa shape index (κ2) is 7.97. The number of nitrogen functional groups attached to an aromatic ring is 1. The van der Waals surface area contributed by atoms with E-state index in [2.05, 4.69) is 14.7 Å². The lowest BCUT2D eigenvalue weighted by atomic mass is 10.0. The Morgan fingerprint density at radius 1 is 1.36 bits per heavy atom. The van der Waals surface area contributed by atoms with Gasteiger partial charge in [0.2, 0.25) is 16.0 Å². The average Bonchev–Trinajstić information content (AvgIpc) is 2.69. The molecule has 146 valence electrons. The van der Waals surface area contributed by atoms with E-state index in [1.807, 2.05) is 0 Å². The van der Waals surface area contributed by atoms with Crippen molar-refractivity contribution < 1.29 is 17.9 Å². The van der Waals surface area contributed by atoms with Gasteiger partial charge in [-0.05, 0) is 24.1 Å². The summed E-state index contributed by atoms with van der Waals surface area (Å²) in [5.41, 5.74) is 5.65. The van der Waals surface area contributed by atoms with Gasteiger partial charge in [-0.1, -0.05) is 24.3 Å². The number of aliphatic hydroxyl groups is 1. The van der Waals surface area contributed by atoms with Crippen molar-refractivity contribution in [1.29, 1.82) is 5.41 Å². The summed E-state index contributed by atoms with van der Waals surface area (Å²) in [4.78, 5) is 7.43. The Morgan fingerprint density at radius 2 is 2.04 bits per heavy atom. The van der Waals surface area contributed by atoms with E-state index >= 15 is 0 Å². The lowest BCUT2D eigenvalue weighted by Crippen LogP contribution is -2.38. The van der Waals surface area contributed by atoms with Crippen molar-refractivity contribution in [2.75, 3.05) is 12.3 Å². The Kier molecular flexibility index (Phi) is 5.63. The quantitative estimate of drug-likeness (QED) is 0.569. The summed E-state index contributed by atoms with van der Waals surface area (Å²) < 4.78 is 42.4. The Labute approximate surface area is 161 Å². The van der Waals surface area contributed by atoms with Crippen molar-refractivity contribution in [2.24, 2.45) is 0 Å². The minimum atomic E-state index is -3.90. The fourth-order valence-electron chi connectivity index (χ4n) is 2.71. The van der Waals surface area contributed by atoms with E-state index in [0.717, 1.165) is 6.08 Å². The summed E-state index contributed by atoms with van der Waals surface area (Å²) in [6, 6.07) is 5.40. The minimum Gasteiger partial charge on any atom is -0.395 e. The molecular weight excluding hydrogens is 385 g/mol. The summed E-state index contributed by atoms with van der Waals surface area (Å²) in [5, 5.41) is 17.4. The molecule has 2 aromatic rings. The van der Waals surface area contributed by atoms with Crippen LogP contribution in [-0.4, -0.2) is 41.9 Å². The third kappa shape index (κ3) is 4.14. The molecule has 1 atom stereocenters. The Hall–Kier alpha value is -2.95. The van der Waals surface area contributed by atoms with Gasteiger partial charge in [0.15, 0.2) is 0 Å². The number of hydrogen-bond acceptors (Lipinski definition) is 7. The van der Waals surface area contributed by atoms with Crippen molar-refractivity contribution in [3.05, 3.63) is 65.8 Å². The van der Waals surface area contributed by atoms with Crippen LogP contribution < -0.4 is 10.5 Å². The molecule has 0 saturated carbocycles. The van der Waals surface area contributed by atoms with E-state index in [9.17, 15) is 17.9 Å². The van der Waals surface area contributed by atoms with E-state index in [1.54, 1.807) is 24.3 Å². The molecule has 0 unspecified atom stereocenters. The molecule has 0 fully saturated rings. The van der Waals surface area contributed by atoms with E-state index in [0.29, 0.717) is 5.56 Å². The van der Waals surface area contributed by atoms with E-state index in [1.165, 1.54) is 18.5 Å². The average molecular weight is 403 g/mol. The first-order chi connectivity index (χ1) is 13.3. The maximum absolute atomic E-state index is 14.8. The molecular formula is C18H18FN5O3S. The molecule has 0 aliphatic carbocycles. The number of aliphatic hydroxyl groups excluding tert-OH is 1. The molecule has 0 bridgehead atoms. The molecule has 2 heterocycles. The maximum Gasteiger partial charge on any atom is 0.241 e. The first-order valence-corrected chi connectivity index (χ1v) is 9.77. The zero-order valence-corrected chi connectivity index (χ0v) is 15.4. The number of aromatic nitrogens is 2. The molecule has 3 rings (SSSR count). The molecule has 10 heteroatoms. The normalized spacial score (nSPS) is 21.0. The van der Waals surface area contributed by atoms with Crippen LogP contribution in [0.3, 0.4) is 0 Å². The summed E-state index contributed by atoms with van der Waals surface area (Å²) in [6.07, 6.45) is 5.32. The molecule has 0 spiro atoms. The lowest BCUT2D eigenvalue weighted by molar-refractivity contribution is 0.257. The van der Waals surface area contributed by atoms with Crippen LogP contribution in [0.2, 0.25) is 0 Å². The third-order valence-electron chi connectivity index (χ3n) is 4.13. The molecule has 0 radical (unpaired) electrons. The summed E-state index contributed by atoms with van der Waals surface area (Å²) >= 11 is 0. The van der Waals surface area contributed by atoms with Gasteiger partial charge in [0, 0.05) is 29.6 Å². The first kappa shape index (κ1) is 19.8. The van der Waals surface area contributed by atoms with Crippen molar-refractivity contribution in [3.8, 4) is 0 Å². The standard InChI is InChI=1S/C18H18FN5O3S/c19-15(17(20)12-8-22-18(21)23-9-12)7-11-5-6-13(10-25)24-28(26,27)16-4-2-1-3-14(11)16/h1-5,7-9,13,20,24-25H,6,10H2,(H2,21,22,23)/b11-5+,15-7+,20-17?/t13-/m1/s1. The highest BCUT2D eigenvalue weighted by molar-refractivity contribution is 7.89. The van der Waals surface area contributed by atoms with Gasteiger partial charge in [-0.2, -0.15) is 0 Å². The number of fused-ring (bicyclic) bond motifs is 1. The van der Waals surface area contributed by atoms with Crippen molar-refractivity contribution in [1.82, 2.24) is 14.7 Å². The summed E-state index contributed by atoms with van der Waals surface area (Å²) in [5.74, 6) is -0.883. The van der Waals surface area contributed by atoms with Crippen LogP contribution in [0.5, 0.6) is 0 Å². The number of anilines is 1. The molecule has 5 N–H and O–H groups in total. The van der Waals surface area contributed by atoms with Gasteiger partial charge < -0.3 is 10.8 Å². The predicted octanol–water partition coefficient (Wildman–Crippen LogP) is 1.41. The Balaban J connectivity index is 2.06. The molecule has 1 aromatic carbocycles. The largest absolute Gasteiger partial charge is 0.395 e. The van der Waals surface area contributed by atoms with Crippen LogP contribution in [0.4, 0.5) is 10.3 Å². The topological polar surface area (TPSA) is 142 Å². The molecule has 1 aliphatic rings. The number of rotatable bonds is 4. The highest BCUT2D eigenvalue weighted by Gasteiger charge is 2.25. The molecule has 28 heavy (non-hydrogen) atoms. The fourth-order valence-corrected chi connectivity index (χ4v) is 4.18. The van der Waals surface area contributed by atoms with Crippen LogP contribution in [0, 0.1) is 5.41 Å². The van der Waals surface area contributed by atoms with Gasteiger partial charge in [0.05, 0.1) is 11.5 Å². The van der Waals surface area contributed by atoms with Crippen LogP contribution in [0.25, 0.3) is 5.57 Å². The van der Waals surface area contributed by atoms with Gasteiger partial charge in [0.1, 0.15) is 11.5 Å². The van der Waals surface area contributed by atoms with Gasteiger partial charge in [-0.3, -0.25) is 5.41 Å². The molecule has 0 saturated heterocycles. The van der Waals surface area contributed by atoms with Crippen LogP contribution in [-0.2, 0) is 10.0 Å². The zero-order chi connectivity index (χ0) is 20.3. The molecule has 1 aliphatic heterocycles. The number of benzene rings is 1. The van der Waals surface area contributed by atoms with Crippen LogP contribution >= 0.6 is 0 Å². The predicted molar refractivity (Wildman–Crippen MR) is 103 cm³/mol. The number of nitrogens with one attached hydrogen (secondary N) is 2. The second-order valence-electron chi connectivity index (χ2n) is 6.09. The summed E-state index contributed by atoms with van der Waals surface area (Å²) in [7, 11) is -3.90. The second-order valence-corrected chi connectivity index (χ2v) is 7.77. The summed E-state index contributed by atoms with van der Waals surface area (Å²) in [6.45, 7) is -0.407. The first-order valence-electron chi connectivity index (χ1n) is 8.28. The Bertz CT molecular complexity index is 1060. The van der Waals surface area contributed by atoms with E-state index < -0.39 is 34.2 Å². The number of halogens is 1. The number of allylic oxidation sites excluding steroid dienone is 3. The zero-order valence-electron chi connectivity index (χ0n) is 14.6. The molecule has 8 nitrogen and oxygen atoms in total. The fraction of sp³-hybridized carbons (Fsp3) is 0.167. The smallest absolute Gasteiger partial charge is 0.241 e. The highest BCUT2D eigenvalue weighted by Crippen LogP contribution is 2.29. The molecule has 0 amide bonds. The van der Waals surface area contributed by atoms with Crippen molar-refractivity contribution >= 4 is 27.3 Å². The third-order valence-corrected chi connectivity index (χ3v) is 5.71. The number of hydrogen-bond donors (Lipinski definition) is 4. The van der Waals surface area contributed by atoms with E-state index in [4.69, 9.17) is 11.1 Å². The van der Waals surface area contributed by atoms with Crippen molar-refractivity contribution in [3.63, 3.8) is 0 Å². The molecule has 1 aromatic heterocycles. The Morgan fingerprint density at radius 3 is 2.71 bits per heavy atom. The van der Waals surface area contributed by atoms with Gasteiger partial charge >= 0.3 is 0 Å². The van der Waals surface area contributed by atoms with E-state index in [-0.39, 0.29) is 28.4 Å². The van der Waals surface area contributed by atoms with Gasteiger partial charge in [-0.15, -0.1) is 0 Å². The van der Waals surface area contributed by atoms with Crippen LogP contribution in [0.15, 0.2) is 59.5 Å².